The minimum Gasteiger partial charge on any atom is -0.497 e. The first-order valence-corrected chi connectivity index (χ1v) is 6.91. The largest absolute Gasteiger partial charge is 0.497 e. The molecule has 7 heteroatoms. The minimum absolute atomic E-state index is 0. The van der Waals surface area contributed by atoms with Crippen molar-refractivity contribution < 1.29 is 19.1 Å². The average molecular weight is 329 g/mol. The lowest BCUT2D eigenvalue weighted by molar-refractivity contribution is -0.115. The number of hydrogen-bond donors (Lipinski definition) is 2. The molecule has 0 atom stereocenters. The first kappa shape index (κ1) is 18.3. The van der Waals surface area contributed by atoms with E-state index < -0.39 is 5.97 Å². The molecular formula is C15H21ClN2O4. The van der Waals surface area contributed by atoms with Gasteiger partial charge in [-0.1, -0.05) is 0 Å². The van der Waals surface area contributed by atoms with Crippen LogP contribution in [-0.4, -0.2) is 39.2 Å². The van der Waals surface area contributed by atoms with Crippen LogP contribution in [0, 0.1) is 5.92 Å². The number of halogens is 1. The zero-order valence-electron chi connectivity index (χ0n) is 12.7. The molecule has 1 aromatic rings. The number of amides is 1. The molecule has 0 aliphatic heterocycles. The number of nitrogens with one attached hydrogen (secondary N) is 2. The van der Waals surface area contributed by atoms with Crippen LogP contribution in [0.2, 0.25) is 0 Å². The van der Waals surface area contributed by atoms with Gasteiger partial charge in [0.05, 0.1) is 32.0 Å². The molecule has 0 radical (unpaired) electrons. The van der Waals surface area contributed by atoms with Gasteiger partial charge in [0.25, 0.3) is 0 Å². The highest BCUT2D eigenvalue weighted by Gasteiger charge is 2.21. The Balaban J connectivity index is 0.00000242. The van der Waals surface area contributed by atoms with Crippen LogP contribution in [0.3, 0.4) is 0 Å². The predicted octanol–water partition coefficient (Wildman–Crippen LogP) is 1.84. The van der Waals surface area contributed by atoms with Crippen LogP contribution in [0.15, 0.2) is 18.2 Å². The van der Waals surface area contributed by atoms with Crippen molar-refractivity contribution in [3.8, 4) is 5.75 Å². The number of carbonyl (C=O) groups is 2. The van der Waals surface area contributed by atoms with Gasteiger partial charge in [0.2, 0.25) is 5.91 Å². The van der Waals surface area contributed by atoms with Gasteiger partial charge in [-0.3, -0.25) is 4.79 Å². The zero-order valence-corrected chi connectivity index (χ0v) is 13.5. The Labute approximate surface area is 136 Å². The van der Waals surface area contributed by atoms with Crippen LogP contribution in [-0.2, 0) is 9.53 Å². The fourth-order valence-corrected chi connectivity index (χ4v) is 1.94. The van der Waals surface area contributed by atoms with Crippen LogP contribution in [0.4, 0.5) is 5.69 Å². The summed E-state index contributed by atoms with van der Waals surface area (Å²) < 4.78 is 9.79. The number of rotatable bonds is 7. The molecule has 0 heterocycles. The van der Waals surface area contributed by atoms with Crippen molar-refractivity contribution in [1.82, 2.24) is 5.32 Å². The van der Waals surface area contributed by atoms with E-state index in [9.17, 15) is 9.59 Å². The fourth-order valence-electron chi connectivity index (χ4n) is 1.94. The van der Waals surface area contributed by atoms with E-state index in [1.165, 1.54) is 27.1 Å². The molecule has 1 saturated carbocycles. The van der Waals surface area contributed by atoms with Gasteiger partial charge in [-0.05, 0) is 43.5 Å². The molecule has 1 aliphatic carbocycles. The van der Waals surface area contributed by atoms with Gasteiger partial charge in [0.15, 0.2) is 0 Å². The highest BCUT2D eigenvalue weighted by molar-refractivity contribution is 6.02. The molecule has 0 bridgehead atoms. The Morgan fingerprint density at radius 3 is 2.59 bits per heavy atom. The molecule has 1 aromatic carbocycles. The van der Waals surface area contributed by atoms with E-state index in [0.29, 0.717) is 17.4 Å². The van der Waals surface area contributed by atoms with Crippen molar-refractivity contribution in [3.63, 3.8) is 0 Å². The molecule has 2 rings (SSSR count). The van der Waals surface area contributed by atoms with Crippen LogP contribution in [0.1, 0.15) is 23.2 Å². The van der Waals surface area contributed by atoms with E-state index in [4.69, 9.17) is 9.47 Å². The van der Waals surface area contributed by atoms with Gasteiger partial charge in [-0.25, -0.2) is 4.79 Å². The van der Waals surface area contributed by atoms with Crippen LogP contribution < -0.4 is 15.4 Å². The number of anilines is 1. The number of methoxy groups -OCH3 is 2. The number of carbonyl (C=O) groups excluding carboxylic acids is 2. The molecule has 0 spiro atoms. The fraction of sp³-hybridized carbons (Fsp3) is 0.467. The van der Waals surface area contributed by atoms with Crippen molar-refractivity contribution in [3.05, 3.63) is 23.8 Å². The van der Waals surface area contributed by atoms with Crippen molar-refractivity contribution in [2.75, 3.05) is 32.6 Å². The molecule has 6 nitrogen and oxygen atoms in total. The van der Waals surface area contributed by atoms with E-state index in [2.05, 4.69) is 10.6 Å². The molecule has 0 saturated heterocycles. The second-order valence-electron chi connectivity index (χ2n) is 5.03. The van der Waals surface area contributed by atoms with Crippen molar-refractivity contribution in [2.24, 2.45) is 5.92 Å². The molecule has 1 fully saturated rings. The van der Waals surface area contributed by atoms with Crippen LogP contribution in [0.5, 0.6) is 5.75 Å². The van der Waals surface area contributed by atoms with Crippen molar-refractivity contribution in [1.29, 1.82) is 0 Å². The Morgan fingerprint density at radius 2 is 2.00 bits per heavy atom. The van der Waals surface area contributed by atoms with Gasteiger partial charge >= 0.3 is 5.97 Å². The molecule has 0 aromatic heterocycles. The van der Waals surface area contributed by atoms with Gasteiger partial charge in [0, 0.05) is 0 Å². The first-order valence-electron chi connectivity index (χ1n) is 6.91. The Morgan fingerprint density at radius 1 is 1.27 bits per heavy atom. The molecule has 22 heavy (non-hydrogen) atoms. The van der Waals surface area contributed by atoms with E-state index in [1.807, 2.05) is 0 Å². The summed E-state index contributed by atoms with van der Waals surface area (Å²) >= 11 is 0. The predicted molar refractivity (Wildman–Crippen MR) is 85.8 cm³/mol. The highest BCUT2D eigenvalue weighted by Crippen LogP contribution is 2.27. The van der Waals surface area contributed by atoms with Crippen LogP contribution >= 0.6 is 12.4 Å². The molecule has 2 N–H and O–H groups in total. The summed E-state index contributed by atoms with van der Waals surface area (Å²) in [5, 5.41) is 5.81. The third-order valence-corrected chi connectivity index (χ3v) is 3.32. The lowest BCUT2D eigenvalue weighted by Gasteiger charge is -2.11. The molecule has 1 aliphatic rings. The summed E-state index contributed by atoms with van der Waals surface area (Å²) in [6, 6.07) is 4.85. The Hall–Kier alpha value is -1.79. The maximum absolute atomic E-state index is 11.9. The second-order valence-corrected chi connectivity index (χ2v) is 5.03. The summed E-state index contributed by atoms with van der Waals surface area (Å²) in [6.07, 6.45) is 2.47. The SMILES string of the molecule is COC(=O)c1cc(OC)ccc1NC(=O)CNCC1CC1.Cl. The van der Waals surface area contributed by atoms with Gasteiger partial charge < -0.3 is 20.1 Å². The van der Waals surface area contributed by atoms with Gasteiger partial charge in [0.1, 0.15) is 5.75 Å². The monoisotopic (exact) mass is 328 g/mol. The average Bonchev–Trinajstić information content (AvgIpc) is 3.31. The number of ether oxygens (including phenoxy) is 2. The van der Waals surface area contributed by atoms with E-state index in [1.54, 1.807) is 18.2 Å². The molecule has 1 amide bonds. The van der Waals surface area contributed by atoms with Crippen molar-refractivity contribution >= 4 is 30.0 Å². The lowest BCUT2D eigenvalue weighted by Crippen LogP contribution is -2.30. The third-order valence-electron chi connectivity index (χ3n) is 3.32. The van der Waals surface area contributed by atoms with Gasteiger partial charge in [-0.15, -0.1) is 12.4 Å². The van der Waals surface area contributed by atoms with E-state index in [0.717, 1.165) is 6.54 Å². The van der Waals surface area contributed by atoms with E-state index in [-0.39, 0.29) is 30.4 Å². The normalized spacial score (nSPS) is 13.0. The highest BCUT2D eigenvalue weighted by atomic mass is 35.5. The first-order chi connectivity index (χ1) is 10.1. The standard InChI is InChI=1S/C15H20N2O4.ClH/c1-20-11-5-6-13(12(7-11)15(19)21-2)17-14(18)9-16-8-10-3-4-10;/h5-7,10,16H,3-4,8-9H2,1-2H3,(H,17,18);1H. The summed E-state index contributed by atoms with van der Waals surface area (Å²) in [5.74, 6) is 0.533. The quantitative estimate of drug-likeness (QED) is 0.747. The third kappa shape index (κ3) is 5.20. The summed E-state index contributed by atoms with van der Waals surface area (Å²) in [6.45, 7) is 1.09. The number of hydrogen-bond acceptors (Lipinski definition) is 5. The maximum Gasteiger partial charge on any atom is 0.340 e. The lowest BCUT2D eigenvalue weighted by atomic mass is 10.1. The maximum atomic E-state index is 11.9. The summed E-state index contributed by atoms with van der Waals surface area (Å²) in [4.78, 5) is 23.6. The Bertz CT molecular complexity index is 532. The van der Waals surface area contributed by atoms with Crippen molar-refractivity contribution in [2.45, 2.75) is 12.8 Å². The topological polar surface area (TPSA) is 76.7 Å². The van der Waals surface area contributed by atoms with Gasteiger partial charge in [-0.2, -0.15) is 0 Å². The summed E-state index contributed by atoms with van der Waals surface area (Å²) in [5.41, 5.74) is 0.688. The summed E-state index contributed by atoms with van der Waals surface area (Å²) in [7, 11) is 2.81. The minimum atomic E-state index is -0.518. The number of esters is 1. The molecular weight excluding hydrogens is 308 g/mol. The smallest absolute Gasteiger partial charge is 0.340 e. The second kappa shape index (κ2) is 8.60. The number of benzene rings is 1. The molecule has 122 valence electrons. The van der Waals surface area contributed by atoms with E-state index >= 15 is 0 Å². The molecule has 0 unspecified atom stereocenters. The Kier molecular flexibility index (Phi) is 7.14. The zero-order chi connectivity index (χ0) is 15.2. The van der Waals surface area contributed by atoms with Crippen LogP contribution in [0.25, 0.3) is 0 Å².